The third-order valence-electron chi connectivity index (χ3n) is 7.48. The van der Waals surface area contributed by atoms with Gasteiger partial charge in [-0.25, -0.2) is 4.98 Å². The lowest BCUT2D eigenvalue weighted by Gasteiger charge is -2.33. The molecule has 0 bridgehead atoms. The van der Waals surface area contributed by atoms with Crippen LogP contribution >= 0.6 is 0 Å². The van der Waals surface area contributed by atoms with Gasteiger partial charge in [-0.2, -0.15) is 0 Å². The van der Waals surface area contributed by atoms with Crippen LogP contribution in [0.25, 0.3) is 28.1 Å². The van der Waals surface area contributed by atoms with Crippen molar-refractivity contribution in [2.45, 2.75) is 18.9 Å². The minimum Gasteiger partial charge on any atom is -0.338 e. The van der Waals surface area contributed by atoms with E-state index < -0.39 is 0 Å². The van der Waals surface area contributed by atoms with Gasteiger partial charge in [0.2, 0.25) is 0 Å². The Balaban J connectivity index is 1.46. The smallest absolute Gasteiger partial charge is 0.133 e. The SMILES string of the molecule is c1ccc(C2=NC(c3ccccc3)C3=C(N2)c2nc(-c4ccccc4)cc(-c4ccccc4)c2CC3)cc1. The molecule has 38 heavy (non-hydrogen) atoms. The van der Waals surface area contributed by atoms with Crippen LogP contribution in [0.1, 0.15) is 34.8 Å². The van der Waals surface area contributed by atoms with E-state index in [4.69, 9.17) is 9.98 Å². The highest BCUT2D eigenvalue weighted by atomic mass is 15.1. The molecular weight excluding hydrogens is 462 g/mol. The Labute approximate surface area is 223 Å². The van der Waals surface area contributed by atoms with Gasteiger partial charge in [0, 0.05) is 11.1 Å². The second-order valence-electron chi connectivity index (χ2n) is 9.80. The van der Waals surface area contributed by atoms with E-state index in [1.54, 1.807) is 0 Å². The second-order valence-corrected chi connectivity index (χ2v) is 9.80. The molecule has 7 rings (SSSR count). The molecule has 0 amide bonds. The second kappa shape index (κ2) is 9.60. The number of nitrogens with one attached hydrogen (secondary N) is 1. The van der Waals surface area contributed by atoms with Gasteiger partial charge >= 0.3 is 0 Å². The molecular formula is C35H27N3. The quantitative estimate of drug-likeness (QED) is 0.279. The predicted octanol–water partition coefficient (Wildman–Crippen LogP) is 7.86. The average molecular weight is 490 g/mol. The molecule has 1 unspecified atom stereocenters. The van der Waals surface area contributed by atoms with Crippen molar-refractivity contribution < 1.29 is 0 Å². The number of benzene rings is 4. The molecule has 1 N–H and O–H groups in total. The van der Waals surface area contributed by atoms with Gasteiger partial charge in [-0.15, -0.1) is 0 Å². The zero-order valence-corrected chi connectivity index (χ0v) is 21.0. The van der Waals surface area contributed by atoms with Crippen molar-refractivity contribution in [1.82, 2.24) is 10.3 Å². The van der Waals surface area contributed by atoms with Crippen molar-refractivity contribution in [2.24, 2.45) is 4.99 Å². The normalized spacial score (nSPS) is 16.2. The molecule has 1 atom stereocenters. The van der Waals surface area contributed by atoms with Gasteiger partial charge in [0.25, 0.3) is 0 Å². The fourth-order valence-electron chi connectivity index (χ4n) is 5.62. The largest absolute Gasteiger partial charge is 0.338 e. The summed E-state index contributed by atoms with van der Waals surface area (Å²) in [6, 6.07) is 44.5. The lowest BCUT2D eigenvalue weighted by molar-refractivity contribution is 0.733. The summed E-state index contributed by atoms with van der Waals surface area (Å²) in [4.78, 5) is 10.6. The van der Waals surface area contributed by atoms with Gasteiger partial charge in [0.05, 0.1) is 17.1 Å². The first kappa shape index (κ1) is 22.4. The maximum absolute atomic E-state index is 5.33. The van der Waals surface area contributed by atoms with Crippen LogP contribution < -0.4 is 5.32 Å². The van der Waals surface area contributed by atoms with Crippen molar-refractivity contribution in [2.75, 3.05) is 0 Å². The van der Waals surface area contributed by atoms with E-state index in [1.807, 2.05) is 6.07 Å². The van der Waals surface area contributed by atoms with E-state index in [0.717, 1.165) is 46.9 Å². The van der Waals surface area contributed by atoms with Crippen molar-refractivity contribution in [1.29, 1.82) is 0 Å². The number of pyridine rings is 1. The molecule has 0 fully saturated rings. The molecule has 3 nitrogen and oxygen atoms in total. The molecule has 3 heteroatoms. The number of nitrogens with zero attached hydrogens (tertiary/aromatic N) is 2. The van der Waals surface area contributed by atoms with E-state index in [1.165, 1.54) is 27.8 Å². The minimum atomic E-state index is -0.0434. The molecule has 0 saturated heterocycles. The van der Waals surface area contributed by atoms with Gasteiger partial charge in [0.15, 0.2) is 0 Å². The molecule has 2 heterocycles. The third-order valence-corrected chi connectivity index (χ3v) is 7.48. The number of hydrogen-bond acceptors (Lipinski definition) is 3. The van der Waals surface area contributed by atoms with Crippen LogP contribution in [0.3, 0.4) is 0 Å². The Morgan fingerprint density at radius 3 is 1.84 bits per heavy atom. The van der Waals surface area contributed by atoms with Crippen LogP contribution in [0.5, 0.6) is 0 Å². The lowest BCUT2D eigenvalue weighted by atomic mass is 9.82. The zero-order chi connectivity index (χ0) is 25.3. The van der Waals surface area contributed by atoms with Gasteiger partial charge in [-0.1, -0.05) is 121 Å². The highest BCUT2D eigenvalue weighted by Gasteiger charge is 2.33. The predicted molar refractivity (Wildman–Crippen MR) is 156 cm³/mol. The Bertz CT molecular complexity index is 1650. The lowest BCUT2D eigenvalue weighted by Crippen LogP contribution is -2.33. The molecule has 1 aliphatic carbocycles. The Morgan fingerprint density at radius 1 is 0.605 bits per heavy atom. The molecule has 0 radical (unpaired) electrons. The van der Waals surface area contributed by atoms with E-state index in [0.29, 0.717) is 0 Å². The summed E-state index contributed by atoms with van der Waals surface area (Å²) in [5, 5.41) is 3.75. The summed E-state index contributed by atoms with van der Waals surface area (Å²) in [6.45, 7) is 0. The summed E-state index contributed by atoms with van der Waals surface area (Å²) in [5.41, 5.74) is 11.6. The standard InChI is InChI=1S/C35H27N3/c1-5-13-24(14-6-1)30-23-31(25-15-7-2-8-16-25)36-33-28(30)21-22-29-32(26-17-9-3-10-18-26)37-35(38-34(29)33)27-19-11-4-12-20-27/h1-20,23,32H,21-22H2,(H,37,38). The number of amidine groups is 1. The maximum atomic E-state index is 5.33. The highest BCUT2D eigenvalue weighted by molar-refractivity contribution is 6.06. The molecule has 5 aromatic rings. The monoisotopic (exact) mass is 489 g/mol. The summed E-state index contributed by atoms with van der Waals surface area (Å²) in [6.07, 6.45) is 1.87. The number of fused-ring (bicyclic) bond motifs is 2. The Morgan fingerprint density at radius 2 is 1.18 bits per heavy atom. The van der Waals surface area contributed by atoms with E-state index in [-0.39, 0.29) is 6.04 Å². The van der Waals surface area contributed by atoms with Crippen LogP contribution in [0.4, 0.5) is 0 Å². The molecule has 0 saturated carbocycles. The fraction of sp³-hybridized carbons (Fsp3) is 0.0857. The zero-order valence-electron chi connectivity index (χ0n) is 21.0. The van der Waals surface area contributed by atoms with Crippen LogP contribution in [-0.4, -0.2) is 10.8 Å². The van der Waals surface area contributed by atoms with Crippen molar-refractivity contribution in [3.05, 3.63) is 155 Å². The van der Waals surface area contributed by atoms with Gasteiger partial charge < -0.3 is 5.32 Å². The van der Waals surface area contributed by atoms with Crippen LogP contribution in [0.2, 0.25) is 0 Å². The summed E-state index contributed by atoms with van der Waals surface area (Å²) in [7, 11) is 0. The summed E-state index contributed by atoms with van der Waals surface area (Å²) in [5.74, 6) is 0.888. The number of aromatic nitrogens is 1. The molecule has 2 aliphatic rings. The van der Waals surface area contributed by atoms with Crippen LogP contribution in [0.15, 0.2) is 138 Å². The molecule has 0 spiro atoms. The number of hydrogen-bond donors (Lipinski definition) is 1. The van der Waals surface area contributed by atoms with Gasteiger partial charge in [0.1, 0.15) is 11.9 Å². The van der Waals surface area contributed by atoms with Gasteiger partial charge in [-0.05, 0) is 46.7 Å². The van der Waals surface area contributed by atoms with E-state index >= 15 is 0 Å². The average Bonchev–Trinajstić information content (AvgIpc) is 3.01. The van der Waals surface area contributed by atoms with Crippen LogP contribution in [-0.2, 0) is 6.42 Å². The third kappa shape index (κ3) is 4.03. The molecule has 1 aromatic heterocycles. The molecule has 1 aliphatic heterocycles. The summed E-state index contributed by atoms with van der Waals surface area (Å²) < 4.78 is 0. The number of rotatable bonds is 4. The topological polar surface area (TPSA) is 37.3 Å². The Kier molecular flexibility index (Phi) is 5.67. The fourth-order valence-corrected chi connectivity index (χ4v) is 5.62. The first-order valence-electron chi connectivity index (χ1n) is 13.2. The van der Waals surface area contributed by atoms with E-state index in [2.05, 4.69) is 127 Å². The highest BCUT2D eigenvalue weighted by Crippen LogP contribution is 2.44. The first-order valence-corrected chi connectivity index (χ1v) is 13.2. The number of aliphatic imine (C=N–C) groups is 1. The molecule has 182 valence electrons. The van der Waals surface area contributed by atoms with Gasteiger partial charge in [-0.3, -0.25) is 4.99 Å². The van der Waals surface area contributed by atoms with Crippen molar-refractivity contribution in [3.63, 3.8) is 0 Å². The van der Waals surface area contributed by atoms with Crippen LogP contribution in [0, 0.1) is 0 Å². The first-order chi connectivity index (χ1) is 18.8. The minimum absolute atomic E-state index is 0.0434. The maximum Gasteiger partial charge on any atom is 0.133 e. The van der Waals surface area contributed by atoms with Crippen molar-refractivity contribution in [3.8, 4) is 22.4 Å². The summed E-state index contributed by atoms with van der Waals surface area (Å²) >= 11 is 0. The van der Waals surface area contributed by atoms with Crippen molar-refractivity contribution >= 4 is 11.5 Å². The molecule has 4 aromatic carbocycles. The Hall–Kier alpha value is -4.76. The van der Waals surface area contributed by atoms with E-state index in [9.17, 15) is 0 Å².